The number of carbonyl (C=O) groups excluding carboxylic acids is 1. The van der Waals surface area contributed by atoms with Gasteiger partial charge in [0.05, 0.1) is 7.11 Å². The van der Waals surface area contributed by atoms with Crippen molar-refractivity contribution in [2.45, 2.75) is 19.8 Å². The highest BCUT2D eigenvalue weighted by Gasteiger charge is 2.06. The third-order valence-corrected chi connectivity index (χ3v) is 2.97. The molecule has 0 N–H and O–H groups in total. The number of hydrogen-bond acceptors (Lipinski definition) is 2. The summed E-state index contributed by atoms with van der Waals surface area (Å²) in [5, 5.41) is 1.25. The minimum absolute atomic E-state index is 0.234. The van der Waals surface area contributed by atoms with Crippen molar-refractivity contribution in [1.29, 1.82) is 0 Å². The first-order valence-electron chi connectivity index (χ1n) is 4.56. The van der Waals surface area contributed by atoms with E-state index in [4.69, 9.17) is 23.2 Å². The quantitative estimate of drug-likeness (QED) is 0.765. The zero-order chi connectivity index (χ0) is 11.4. The van der Waals surface area contributed by atoms with E-state index in [9.17, 15) is 4.79 Å². The number of methoxy groups -OCH3 is 1. The zero-order valence-corrected chi connectivity index (χ0v) is 10.2. The number of esters is 1. The Morgan fingerprint density at radius 1 is 1.33 bits per heavy atom. The monoisotopic (exact) mass is 246 g/mol. The molecule has 0 aliphatic rings. The van der Waals surface area contributed by atoms with E-state index >= 15 is 0 Å². The second-order valence-corrected chi connectivity index (χ2v) is 4.07. The van der Waals surface area contributed by atoms with Gasteiger partial charge in [-0.2, -0.15) is 0 Å². The molecule has 0 spiro atoms. The van der Waals surface area contributed by atoms with Crippen LogP contribution in [0.2, 0.25) is 10.0 Å². The molecule has 1 aromatic carbocycles. The molecule has 0 saturated heterocycles. The maximum atomic E-state index is 10.9. The molecule has 15 heavy (non-hydrogen) atoms. The lowest BCUT2D eigenvalue weighted by atomic mass is 10.1. The van der Waals surface area contributed by atoms with Gasteiger partial charge in [0.15, 0.2) is 0 Å². The summed E-state index contributed by atoms with van der Waals surface area (Å²) in [4.78, 5) is 10.9. The van der Waals surface area contributed by atoms with Crippen molar-refractivity contribution in [2.24, 2.45) is 0 Å². The smallest absolute Gasteiger partial charge is 0.305 e. The van der Waals surface area contributed by atoms with Gasteiger partial charge in [0.2, 0.25) is 0 Å². The molecular weight excluding hydrogens is 235 g/mol. The van der Waals surface area contributed by atoms with E-state index in [0.717, 1.165) is 11.1 Å². The van der Waals surface area contributed by atoms with Gasteiger partial charge in [0, 0.05) is 16.5 Å². The van der Waals surface area contributed by atoms with Gasteiger partial charge in [0.1, 0.15) is 0 Å². The van der Waals surface area contributed by atoms with E-state index in [1.807, 2.05) is 19.1 Å². The molecule has 82 valence electrons. The van der Waals surface area contributed by atoms with Crippen LogP contribution in [0.15, 0.2) is 12.1 Å². The van der Waals surface area contributed by atoms with Crippen molar-refractivity contribution >= 4 is 29.2 Å². The number of rotatable bonds is 3. The molecule has 0 aromatic heterocycles. The predicted octanol–water partition coefficient (Wildman–Crippen LogP) is 3.41. The Morgan fingerprint density at radius 3 is 2.33 bits per heavy atom. The van der Waals surface area contributed by atoms with Gasteiger partial charge in [0.25, 0.3) is 0 Å². The lowest BCUT2D eigenvalue weighted by Crippen LogP contribution is -2.02. The normalized spacial score (nSPS) is 10.1. The number of benzene rings is 1. The molecule has 0 heterocycles. The standard InChI is InChI=1S/C11H12Cl2O2/c1-7-9(12)5-8(6-10(7)13)3-4-11(14)15-2/h5-6H,3-4H2,1-2H3. The van der Waals surface area contributed by atoms with Crippen LogP contribution in [0.5, 0.6) is 0 Å². The van der Waals surface area contributed by atoms with Gasteiger partial charge < -0.3 is 4.74 Å². The number of aryl methyl sites for hydroxylation is 1. The fraction of sp³-hybridized carbons (Fsp3) is 0.364. The molecule has 0 radical (unpaired) electrons. The van der Waals surface area contributed by atoms with Gasteiger partial charge in [-0.25, -0.2) is 0 Å². The molecule has 4 heteroatoms. The summed E-state index contributed by atoms with van der Waals surface area (Å²) < 4.78 is 4.55. The Kier molecular flexibility index (Phi) is 4.43. The second kappa shape index (κ2) is 5.38. The summed E-state index contributed by atoms with van der Waals surface area (Å²) >= 11 is 11.9. The summed E-state index contributed by atoms with van der Waals surface area (Å²) in [6.07, 6.45) is 0.929. The van der Waals surface area contributed by atoms with Crippen molar-refractivity contribution in [3.63, 3.8) is 0 Å². The van der Waals surface area contributed by atoms with Gasteiger partial charge >= 0.3 is 5.97 Å². The molecule has 1 aromatic rings. The summed E-state index contributed by atoms with van der Waals surface area (Å²) in [5.41, 5.74) is 1.81. The van der Waals surface area contributed by atoms with Crippen LogP contribution in [-0.2, 0) is 16.0 Å². The third-order valence-electron chi connectivity index (χ3n) is 2.19. The van der Waals surface area contributed by atoms with E-state index in [-0.39, 0.29) is 5.97 Å². The van der Waals surface area contributed by atoms with Gasteiger partial charge in [-0.1, -0.05) is 23.2 Å². The molecule has 2 nitrogen and oxygen atoms in total. The van der Waals surface area contributed by atoms with Crippen molar-refractivity contribution in [1.82, 2.24) is 0 Å². The van der Waals surface area contributed by atoms with Crippen LogP contribution >= 0.6 is 23.2 Å². The third kappa shape index (κ3) is 3.40. The summed E-state index contributed by atoms with van der Waals surface area (Å²) in [6.45, 7) is 1.86. The number of ether oxygens (including phenoxy) is 1. The van der Waals surface area contributed by atoms with E-state index in [2.05, 4.69) is 4.74 Å². The fourth-order valence-corrected chi connectivity index (χ4v) is 1.72. The van der Waals surface area contributed by atoms with E-state index in [0.29, 0.717) is 22.9 Å². The molecule has 0 aliphatic carbocycles. The Morgan fingerprint density at radius 2 is 1.87 bits per heavy atom. The Bertz CT molecular complexity index is 352. The first kappa shape index (κ1) is 12.3. The van der Waals surface area contributed by atoms with Crippen LogP contribution in [0.3, 0.4) is 0 Å². The molecule has 0 fully saturated rings. The van der Waals surface area contributed by atoms with Crippen LogP contribution in [0.4, 0.5) is 0 Å². The minimum atomic E-state index is -0.234. The van der Waals surface area contributed by atoms with Crippen molar-refractivity contribution in [3.05, 3.63) is 33.3 Å². The first-order chi connectivity index (χ1) is 7.04. The summed E-state index contributed by atoms with van der Waals surface area (Å²) in [7, 11) is 1.37. The van der Waals surface area contributed by atoms with E-state index in [1.54, 1.807) is 0 Å². The fourth-order valence-electron chi connectivity index (χ4n) is 1.19. The maximum Gasteiger partial charge on any atom is 0.305 e. The Balaban J connectivity index is 2.75. The average molecular weight is 247 g/mol. The van der Waals surface area contributed by atoms with Crippen LogP contribution < -0.4 is 0 Å². The maximum absolute atomic E-state index is 10.9. The molecule has 0 saturated carbocycles. The van der Waals surface area contributed by atoms with Gasteiger partial charge in [-0.15, -0.1) is 0 Å². The largest absolute Gasteiger partial charge is 0.469 e. The van der Waals surface area contributed by atoms with Crippen LogP contribution in [-0.4, -0.2) is 13.1 Å². The summed E-state index contributed by atoms with van der Waals surface area (Å²) in [5.74, 6) is -0.234. The number of halogens is 2. The molecule has 0 atom stereocenters. The van der Waals surface area contributed by atoms with Crippen LogP contribution in [0, 0.1) is 6.92 Å². The van der Waals surface area contributed by atoms with E-state index in [1.165, 1.54) is 7.11 Å². The predicted molar refractivity (Wildman–Crippen MR) is 61.5 cm³/mol. The summed E-state index contributed by atoms with van der Waals surface area (Å²) in [6, 6.07) is 3.65. The molecule has 0 amide bonds. The highest BCUT2D eigenvalue weighted by molar-refractivity contribution is 6.36. The van der Waals surface area contributed by atoms with Crippen molar-refractivity contribution < 1.29 is 9.53 Å². The van der Waals surface area contributed by atoms with Crippen LogP contribution in [0.1, 0.15) is 17.5 Å². The SMILES string of the molecule is COC(=O)CCc1cc(Cl)c(C)c(Cl)c1. The van der Waals surface area contributed by atoms with Crippen molar-refractivity contribution in [3.8, 4) is 0 Å². The highest BCUT2D eigenvalue weighted by atomic mass is 35.5. The van der Waals surface area contributed by atoms with Crippen molar-refractivity contribution in [2.75, 3.05) is 7.11 Å². The lowest BCUT2D eigenvalue weighted by molar-refractivity contribution is -0.140. The second-order valence-electron chi connectivity index (χ2n) is 3.26. The first-order valence-corrected chi connectivity index (χ1v) is 5.31. The molecule has 0 unspecified atom stereocenters. The van der Waals surface area contributed by atoms with Gasteiger partial charge in [-0.3, -0.25) is 4.79 Å². The topological polar surface area (TPSA) is 26.3 Å². The minimum Gasteiger partial charge on any atom is -0.469 e. The molecule has 1 rings (SSSR count). The van der Waals surface area contributed by atoms with Gasteiger partial charge in [-0.05, 0) is 36.6 Å². The van der Waals surface area contributed by atoms with E-state index < -0.39 is 0 Å². The molecule has 0 aliphatic heterocycles. The lowest BCUT2D eigenvalue weighted by Gasteiger charge is -2.05. The Hall–Kier alpha value is -0.730. The Labute approximate surface area is 99.1 Å². The molecule has 0 bridgehead atoms. The highest BCUT2D eigenvalue weighted by Crippen LogP contribution is 2.26. The number of carbonyl (C=O) groups is 1. The molecular formula is C11H12Cl2O2. The average Bonchev–Trinajstić information content (AvgIpc) is 2.22. The zero-order valence-electron chi connectivity index (χ0n) is 8.64. The van der Waals surface area contributed by atoms with Crippen LogP contribution in [0.25, 0.3) is 0 Å². The number of hydrogen-bond donors (Lipinski definition) is 0.